The largest absolute Gasteiger partial charge is 0.459 e. The average molecular weight is 533 g/mol. The van der Waals surface area contributed by atoms with Gasteiger partial charge in [-0.15, -0.1) is 4.91 Å². The summed E-state index contributed by atoms with van der Waals surface area (Å²) in [6.07, 6.45) is 8.27. The van der Waals surface area contributed by atoms with Crippen molar-refractivity contribution in [3.8, 4) is 0 Å². The van der Waals surface area contributed by atoms with E-state index in [2.05, 4.69) is 61.3 Å². The summed E-state index contributed by atoms with van der Waals surface area (Å²) in [6, 6.07) is 13.3. The van der Waals surface area contributed by atoms with Crippen molar-refractivity contribution in [1.82, 2.24) is 9.72 Å². The van der Waals surface area contributed by atoms with Gasteiger partial charge in [0.25, 0.3) is 0 Å². The minimum Gasteiger partial charge on any atom is -0.328 e. The maximum Gasteiger partial charge on any atom is 0.459 e. The molecule has 5 rings (SSSR count). The van der Waals surface area contributed by atoms with Crippen molar-refractivity contribution < 1.29 is 4.52 Å². The number of nitrogens with two attached hydrogens (primary N) is 1. The van der Waals surface area contributed by atoms with Gasteiger partial charge in [-0.25, -0.2) is 4.79 Å². The fraction of sp³-hybridized carbons (Fsp3) is 0.562. The maximum atomic E-state index is 12.6. The zero-order valence-electron chi connectivity index (χ0n) is 24.4. The SMILES string of the molecule is CC[C@@H](C)N.Cc1ccc2c(c1)CCc1cc(C(C)(C)N=O)ccc1C2(C)c1nc(=O)on1C1CCCCC1. The first kappa shape index (κ1) is 28.9. The van der Waals surface area contributed by atoms with Gasteiger partial charge in [0, 0.05) is 6.04 Å². The molecule has 1 unspecified atom stereocenters. The van der Waals surface area contributed by atoms with E-state index in [9.17, 15) is 9.70 Å². The van der Waals surface area contributed by atoms with Gasteiger partial charge in [0.05, 0.1) is 11.5 Å². The molecule has 1 saturated carbocycles. The lowest BCUT2D eigenvalue weighted by Crippen LogP contribution is -2.32. The molecule has 3 aromatic rings. The Morgan fingerprint density at radius 1 is 1.10 bits per heavy atom. The molecule has 39 heavy (non-hydrogen) atoms. The van der Waals surface area contributed by atoms with Gasteiger partial charge in [0.15, 0.2) is 5.82 Å². The predicted molar refractivity (Wildman–Crippen MR) is 156 cm³/mol. The first-order valence-electron chi connectivity index (χ1n) is 14.5. The number of hydrogen-bond donors (Lipinski definition) is 1. The third-order valence-electron chi connectivity index (χ3n) is 8.62. The first-order valence-corrected chi connectivity index (χ1v) is 14.5. The number of nitroso groups, excluding NO2 is 1. The predicted octanol–water partition coefficient (Wildman–Crippen LogP) is 6.85. The summed E-state index contributed by atoms with van der Waals surface area (Å²) in [7, 11) is 0. The van der Waals surface area contributed by atoms with Gasteiger partial charge in [0.1, 0.15) is 5.54 Å². The summed E-state index contributed by atoms with van der Waals surface area (Å²) >= 11 is 0. The van der Waals surface area contributed by atoms with Crippen LogP contribution in [0.2, 0.25) is 0 Å². The summed E-state index contributed by atoms with van der Waals surface area (Å²) in [5, 5.41) is 3.36. The van der Waals surface area contributed by atoms with E-state index in [1.54, 1.807) is 0 Å². The van der Waals surface area contributed by atoms with E-state index in [1.165, 1.54) is 17.5 Å². The number of aryl methyl sites for hydroxylation is 3. The Balaban J connectivity index is 0.000000648. The van der Waals surface area contributed by atoms with Crippen LogP contribution in [0.4, 0.5) is 0 Å². The van der Waals surface area contributed by atoms with Gasteiger partial charge in [-0.05, 0) is 94.5 Å². The molecule has 2 atom stereocenters. The highest BCUT2D eigenvalue weighted by Gasteiger charge is 2.43. The lowest BCUT2D eigenvalue weighted by molar-refractivity contribution is 0.159. The molecule has 2 aliphatic carbocycles. The zero-order valence-corrected chi connectivity index (χ0v) is 24.4. The number of aromatic nitrogens is 2. The van der Waals surface area contributed by atoms with Crippen LogP contribution in [0.5, 0.6) is 0 Å². The van der Waals surface area contributed by atoms with Crippen LogP contribution in [0, 0.1) is 11.8 Å². The van der Waals surface area contributed by atoms with Crippen molar-refractivity contribution in [3.63, 3.8) is 0 Å². The average Bonchev–Trinajstić information content (AvgIpc) is 3.29. The highest BCUT2D eigenvalue weighted by Crippen LogP contribution is 2.46. The quantitative estimate of drug-likeness (QED) is 0.362. The van der Waals surface area contributed by atoms with E-state index in [0.29, 0.717) is 11.9 Å². The van der Waals surface area contributed by atoms with Crippen LogP contribution in [-0.4, -0.2) is 15.8 Å². The van der Waals surface area contributed by atoms with E-state index < -0.39 is 16.7 Å². The summed E-state index contributed by atoms with van der Waals surface area (Å²) in [5.41, 5.74) is 10.6. The van der Waals surface area contributed by atoms with Crippen LogP contribution < -0.4 is 11.5 Å². The molecule has 2 aromatic carbocycles. The number of benzene rings is 2. The van der Waals surface area contributed by atoms with E-state index in [0.717, 1.165) is 67.2 Å². The fourth-order valence-electron chi connectivity index (χ4n) is 5.97. The lowest BCUT2D eigenvalue weighted by atomic mass is 9.72. The van der Waals surface area contributed by atoms with Crippen LogP contribution in [0.25, 0.3) is 0 Å². The Morgan fingerprint density at radius 2 is 1.69 bits per heavy atom. The molecule has 2 N–H and O–H groups in total. The molecule has 7 heteroatoms. The second kappa shape index (κ2) is 11.6. The minimum absolute atomic E-state index is 0.147. The zero-order chi connectivity index (χ0) is 28.4. The third-order valence-corrected chi connectivity index (χ3v) is 8.62. The van der Waals surface area contributed by atoms with Gasteiger partial charge in [-0.1, -0.05) is 73.3 Å². The Hall–Kier alpha value is -3.06. The van der Waals surface area contributed by atoms with Crippen LogP contribution in [0.3, 0.4) is 0 Å². The van der Waals surface area contributed by atoms with E-state index >= 15 is 0 Å². The van der Waals surface area contributed by atoms with Gasteiger partial charge >= 0.3 is 5.76 Å². The van der Waals surface area contributed by atoms with Gasteiger partial charge in [-0.2, -0.15) is 9.72 Å². The Bertz CT molecular complexity index is 1360. The molecule has 7 nitrogen and oxygen atoms in total. The lowest BCUT2D eigenvalue weighted by Gasteiger charge is -2.34. The number of rotatable bonds is 5. The number of fused-ring (bicyclic) bond motifs is 2. The monoisotopic (exact) mass is 532 g/mol. The van der Waals surface area contributed by atoms with Gasteiger partial charge < -0.3 is 10.3 Å². The molecular weight excluding hydrogens is 488 g/mol. The molecule has 210 valence electrons. The Morgan fingerprint density at radius 3 is 2.28 bits per heavy atom. The normalized spacial score (nSPS) is 20.2. The van der Waals surface area contributed by atoms with Crippen LogP contribution in [-0.2, 0) is 23.8 Å². The molecule has 0 aliphatic heterocycles. The smallest absolute Gasteiger partial charge is 0.328 e. The van der Waals surface area contributed by atoms with Crippen LogP contribution in [0.15, 0.2) is 50.9 Å². The topological polar surface area (TPSA) is 103 Å². The van der Waals surface area contributed by atoms with E-state index in [4.69, 9.17) is 10.3 Å². The molecule has 1 aromatic heterocycles. The van der Waals surface area contributed by atoms with Gasteiger partial charge in [0.2, 0.25) is 0 Å². The molecule has 1 heterocycles. The highest BCUT2D eigenvalue weighted by molar-refractivity contribution is 5.55. The summed E-state index contributed by atoms with van der Waals surface area (Å²) in [4.78, 5) is 28.6. The molecule has 0 radical (unpaired) electrons. The van der Waals surface area contributed by atoms with Crippen molar-refractivity contribution in [2.24, 2.45) is 10.9 Å². The molecule has 1 fully saturated rings. The molecule has 0 amide bonds. The van der Waals surface area contributed by atoms with Crippen molar-refractivity contribution in [3.05, 3.63) is 91.1 Å². The standard InChI is InChI=1S/C28H33N3O3.C4H11N/c1-18-10-14-23-19(16-18)11-12-20-17-21(27(2,3)30-33)13-15-24(20)28(23,4)25-29-26(32)34-31(25)22-8-6-5-7-9-22;1-3-4(2)5/h10,13-17,22H,5-9,11-12H2,1-4H3;4H,3,5H2,1-2H3/t;4-/m.1/s1. The van der Waals surface area contributed by atoms with Crippen molar-refractivity contribution in [2.75, 3.05) is 0 Å². The second-order valence-electron chi connectivity index (χ2n) is 12.1. The summed E-state index contributed by atoms with van der Waals surface area (Å²) in [6.45, 7) is 12.0. The van der Waals surface area contributed by atoms with Gasteiger partial charge in [-0.3, -0.25) is 0 Å². The first-order chi connectivity index (χ1) is 18.5. The molecule has 2 aliphatic rings. The summed E-state index contributed by atoms with van der Waals surface area (Å²) in [5.74, 6) is 0.141. The molecular formula is C32H44N4O3. The molecule has 0 spiro atoms. The van der Waals surface area contributed by atoms with E-state index in [-0.39, 0.29) is 6.04 Å². The van der Waals surface area contributed by atoms with Crippen molar-refractivity contribution in [1.29, 1.82) is 0 Å². The maximum absolute atomic E-state index is 12.6. The van der Waals surface area contributed by atoms with Crippen LogP contribution in [0.1, 0.15) is 118 Å². The van der Waals surface area contributed by atoms with Crippen molar-refractivity contribution >= 4 is 0 Å². The van der Waals surface area contributed by atoms with Crippen LogP contribution >= 0.6 is 0 Å². The third kappa shape index (κ3) is 5.79. The van der Waals surface area contributed by atoms with Crippen molar-refractivity contribution in [2.45, 2.75) is 116 Å². The molecule has 0 bridgehead atoms. The number of nitrogens with zero attached hydrogens (tertiary/aromatic N) is 3. The van der Waals surface area contributed by atoms with E-state index in [1.807, 2.05) is 31.6 Å². The highest BCUT2D eigenvalue weighted by atomic mass is 16.5. The minimum atomic E-state index is -0.806. The molecule has 0 saturated heterocycles. The fourth-order valence-corrected chi connectivity index (χ4v) is 5.97. The second-order valence-corrected chi connectivity index (χ2v) is 12.1. The Kier molecular flexibility index (Phi) is 8.60. The number of hydrogen-bond acceptors (Lipinski definition) is 6. The Labute approximate surface area is 232 Å². The summed E-state index contributed by atoms with van der Waals surface area (Å²) < 4.78 is 7.58.